The molecule has 1 unspecified atom stereocenters. The van der Waals surface area contributed by atoms with Gasteiger partial charge in [-0.3, -0.25) is 5.32 Å². The average molecular weight is 342 g/mol. The Morgan fingerprint density at radius 2 is 2.12 bits per heavy atom. The number of urea groups is 1. The molecule has 0 aliphatic carbocycles. The molecule has 0 saturated heterocycles. The van der Waals surface area contributed by atoms with E-state index in [2.05, 4.69) is 15.7 Å². The Balaban J connectivity index is 2.07. The number of amides is 2. The van der Waals surface area contributed by atoms with Crippen LogP contribution < -0.4 is 10.6 Å². The lowest BCUT2D eigenvalue weighted by atomic mass is 10.2. The Bertz CT molecular complexity index is 700. The fourth-order valence-electron chi connectivity index (χ4n) is 2.00. The normalized spacial score (nSPS) is 12.7. The van der Waals surface area contributed by atoms with Crippen LogP contribution in [-0.4, -0.2) is 33.6 Å². The highest BCUT2D eigenvalue weighted by Crippen LogP contribution is 2.30. The highest BCUT2D eigenvalue weighted by Gasteiger charge is 2.30. The second-order valence-corrected chi connectivity index (χ2v) is 5.21. The van der Waals surface area contributed by atoms with Gasteiger partial charge in [0.1, 0.15) is 0 Å². The minimum atomic E-state index is -4.44. The third-order valence-corrected chi connectivity index (χ3v) is 3.21. The molecule has 2 rings (SSSR count). The summed E-state index contributed by atoms with van der Waals surface area (Å²) in [6.45, 7) is 1.68. The first-order valence-electron chi connectivity index (χ1n) is 7.21. The molecule has 1 atom stereocenters. The summed E-state index contributed by atoms with van der Waals surface area (Å²) in [4.78, 5) is 11.7. The number of aliphatic hydroxyl groups excluding tert-OH is 1. The van der Waals surface area contributed by atoms with E-state index in [1.165, 1.54) is 29.1 Å². The van der Waals surface area contributed by atoms with Crippen molar-refractivity contribution < 1.29 is 23.1 Å². The van der Waals surface area contributed by atoms with Gasteiger partial charge in [0.25, 0.3) is 0 Å². The van der Waals surface area contributed by atoms with E-state index < -0.39 is 17.8 Å². The number of rotatable bonds is 5. The van der Waals surface area contributed by atoms with E-state index in [0.717, 1.165) is 12.1 Å². The molecule has 1 aromatic heterocycles. The van der Waals surface area contributed by atoms with Crippen molar-refractivity contribution >= 4 is 11.8 Å². The number of nitrogens with zero attached hydrogens (tertiary/aromatic N) is 2. The van der Waals surface area contributed by atoms with Crippen molar-refractivity contribution in [2.75, 3.05) is 11.9 Å². The summed E-state index contributed by atoms with van der Waals surface area (Å²) >= 11 is 0. The van der Waals surface area contributed by atoms with Crippen LogP contribution in [0, 0.1) is 0 Å². The number of hydrogen-bond donors (Lipinski definition) is 3. The minimum absolute atomic E-state index is 0.0500. The van der Waals surface area contributed by atoms with Crippen molar-refractivity contribution in [2.24, 2.45) is 0 Å². The van der Waals surface area contributed by atoms with Gasteiger partial charge in [-0.15, -0.1) is 5.10 Å². The molecule has 2 aromatic rings. The monoisotopic (exact) mass is 342 g/mol. The maximum atomic E-state index is 12.7. The lowest BCUT2D eigenvalue weighted by Crippen LogP contribution is -2.36. The van der Waals surface area contributed by atoms with Crippen LogP contribution in [-0.2, 0) is 6.18 Å². The number of aromatic nitrogens is 2. The topological polar surface area (TPSA) is 79.2 Å². The number of halogens is 3. The van der Waals surface area contributed by atoms with Gasteiger partial charge in [-0.25, -0.2) is 9.48 Å². The van der Waals surface area contributed by atoms with Crippen molar-refractivity contribution in [3.05, 3.63) is 42.1 Å². The Morgan fingerprint density at radius 1 is 1.38 bits per heavy atom. The number of carbonyl (C=O) groups excluding carboxylic acids is 1. The fourth-order valence-corrected chi connectivity index (χ4v) is 2.00. The largest absolute Gasteiger partial charge is 0.416 e. The zero-order valence-electron chi connectivity index (χ0n) is 12.8. The molecule has 6 nitrogen and oxygen atoms in total. The molecule has 130 valence electrons. The number of nitrogens with one attached hydrogen (secondary N) is 2. The predicted octanol–water partition coefficient (Wildman–Crippen LogP) is 2.78. The van der Waals surface area contributed by atoms with E-state index in [-0.39, 0.29) is 24.2 Å². The molecule has 0 bridgehead atoms. The second kappa shape index (κ2) is 7.35. The van der Waals surface area contributed by atoms with Gasteiger partial charge in [0, 0.05) is 24.9 Å². The van der Waals surface area contributed by atoms with Crippen LogP contribution in [0.2, 0.25) is 0 Å². The zero-order chi connectivity index (χ0) is 17.7. The summed E-state index contributed by atoms with van der Waals surface area (Å²) in [6.07, 6.45) is -2.58. The molecule has 2 amide bonds. The van der Waals surface area contributed by atoms with Gasteiger partial charge in [-0.1, -0.05) is 6.07 Å². The van der Waals surface area contributed by atoms with Crippen LogP contribution in [0.4, 0.5) is 23.8 Å². The Labute approximate surface area is 136 Å². The summed E-state index contributed by atoms with van der Waals surface area (Å²) in [5.41, 5.74) is -0.549. The zero-order valence-corrected chi connectivity index (χ0v) is 12.8. The molecule has 3 N–H and O–H groups in total. The molecule has 1 heterocycles. The summed E-state index contributed by atoms with van der Waals surface area (Å²) in [7, 11) is 0. The Hall–Kier alpha value is -2.55. The van der Waals surface area contributed by atoms with Gasteiger partial charge < -0.3 is 10.4 Å². The van der Waals surface area contributed by atoms with E-state index in [9.17, 15) is 18.0 Å². The highest BCUT2D eigenvalue weighted by atomic mass is 19.4. The van der Waals surface area contributed by atoms with Crippen molar-refractivity contribution in [3.8, 4) is 5.69 Å². The predicted molar refractivity (Wildman–Crippen MR) is 81.9 cm³/mol. The maximum absolute atomic E-state index is 12.7. The van der Waals surface area contributed by atoms with Crippen LogP contribution in [0.1, 0.15) is 18.9 Å². The van der Waals surface area contributed by atoms with Crippen LogP contribution in [0.25, 0.3) is 5.69 Å². The first-order valence-corrected chi connectivity index (χ1v) is 7.21. The number of alkyl halides is 3. The van der Waals surface area contributed by atoms with E-state index in [1.54, 1.807) is 6.92 Å². The number of benzene rings is 1. The smallest absolute Gasteiger partial charge is 0.396 e. The standard InChI is InChI=1S/C15H17F3N4O2/c1-10(6-8-23)19-14(24)20-13-5-7-22(21-13)12-4-2-3-11(9-12)15(16,17)18/h2-5,7,9-10,23H,6,8H2,1H3,(H2,19,20,21,24). The number of hydrogen-bond acceptors (Lipinski definition) is 3. The summed E-state index contributed by atoms with van der Waals surface area (Å²) in [5.74, 6) is 0.195. The van der Waals surface area contributed by atoms with Crippen LogP contribution in [0.15, 0.2) is 36.5 Å². The molecular formula is C15H17F3N4O2. The van der Waals surface area contributed by atoms with Gasteiger partial charge in [0.05, 0.1) is 11.3 Å². The SMILES string of the molecule is CC(CCO)NC(=O)Nc1ccn(-c2cccc(C(F)(F)F)c2)n1. The number of aliphatic hydroxyl groups is 1. The van der Waals surface area contributed by atoms with E-state index in [1.807, 2.05) is 0 Å². The van der Waals surface area contributed by atoms with Gasteiger partial charge >= 0.3 is 12.2 Å². The lowest BCUT2D eigenvalue weighted by molar-refractivity contribution is -0.137. The van der Waals surface area contributed by atoms with Gasteiger partial charge in [0.15, 0.2) is 5.82 Å². The molecule has 0 spiro atoms. The summed E-state index contributed by atoms with van der Waals surface area (Å²) in [6, 6.07) is 5.45. The van der Waals surface area contributed by atoms with Crippen molar-refractivity contribution in [1.82, 2.24) is 15.1 Å². The van der Waals surface area contributed by atoms with Gasteiger partial charge in [-0.05, 0) is 31.5 Å². The third kappa shape index (κ3) is 4.72. The highest BCUT2D eigenvalue weighted by molar-refractivity contribution is 5.88. The lowest BCUT2D eigenvalue weighted by Gasteiger charge is -2.12. The number of anilines is 1. The molecule has 9 heteroatoms. The third-order valence-electron chi connectivity index (χ3n) is 3.21. The fraction of sp³-hybridized carbons (Fsp3) is 0.333. The first kappa shape index (κ1) is 17.8. The molecule has 0 aliphatic rings. The Kier molecular flexibility index (Phi) is 5.45. The van der Waals surface area contributed by atoms with Gasteiger partial charge in [0.2, 0.25) is 0 Å². The molecule has 0 fully saturated rings. The maximum Gasteiger partial charge on any atom is 0.416 e. The quantitative estimate of drug-likeness (QED) is 0.782. The van der Waals surface area contributed by atoms with Crippen LogP contribution >= 0.6 is 0 Å². The second-order valence-electron chi connectivity index (χ2n) is 5.21. The summed E-state index contributed by atoms with van der Waals surface area (Å²) in [5, 5.41) is 17.9. The summed E-state index contributed by atoms with van der Waals surface area (Å²) < 4.78 is 39.4. The van der Waals surface area contributed by atoms with E-state index in [0.29, 0.717) is 6.42 Å². The molecular weight excluding hydrogens is 325 g/mol. The van der Waals surface area contributed by atoms with Crippen molar-refractivity contribution in [1.29, 1.82) is 0 Å². The Morgan fingerprint density at radius 3 is 2.79 bits per heavy atom. The molecule has 1 aromatic carbocycles. The van der Waals surface area contributed by atoms with Gasteiger partial charge in [-0.2, -0.15) is 13.2 Å². The minimum Gasteiger partial charge on any atom is -0.396 e. The van der Waals surface area contributed by atoms with Crippen molar-refractivity contribution in [2.45, 2.75) is 25.6 Å². The van der Waals surface area contributed by atoms with Crippen molar-refractivity contribution in [3.63, 3.8) is 0 Å². The molecule has 24 heavy (non-hydrogen) atoms. The van der Waals surface area contributed by atoms with E-state index in [4.69, 9.17) is 5.11 Å². The molecule has 0 saturated carbocycles. The van der Waals surface area contributed by atoms with Crippen LogP contribution in [0.5, 0.6) is 0 Å². The average Bonchev–Trinajstić information content (AvgIpc) is 2.95. The van der Waals surface area contributed by atoms with Crippen LogP contribution in [0.3, 0.4) is 0 Å². The number of carbonyl (C=O) groups is 1. The van der Waals surface area contributed by atoms with E-state index >= 15 is 0 Å². The first-order chi connectivity index (χ1) is 11.3. The molecule has 0 radical (unpaired) electrons. The molecule has 0 aliphatic heterocycles.